The first kappa shape index (κ1) is 72.5. The fraction of sp³-hybridized carbons (Fsp3) is 0.344. The van der Waals surface area contributed by atoms with Crippen LogP contribution < -0.4 is 58.5 Å². The predicted octanol–water partition coefficient (Wildman–Crippen LogP) is 3.62. The van der Waals surface area contributed by atoms with Crippen LogP contribution in [-0.2, 0) is 75.6 Å². The summed E-state index contributed by atoms with van der Waals surface area (Å²) in [6, 6.07) is 8.96. The van der Waals surface area contributed by atoms with Crippen molar-refractivity contribution in [3.8, 4) is 0 Å². The van der Waals surface area contributed by atoms with Crippen LogP contribution in [0.1, 0.15) is 136 Å². The second-order valence-corrected chi connectivity index (χ2v) is 23.8. The SMILES string of the molecule is CN(C)CCCNC(=O)c1cc(NC(=O)c2cc(NC(=O)c3cc(NC(=O)c4cc(NC(=O)CCCNC(=O)c5cc(NC(=O)c6nc(NC(=O)c7nc(NC(=O)c8cc(NC(=O)CCNC(=O)CCCCC(=O)O)cn8C)cn7C)cn6C)cn5C)cn4C)cn3C)cn2C)cn1C. The van der Waals surface area contributed by atoms with E-state index >= 15 is 0 Å². The van der Waals surface area contributed by atoms with Crippen molar-refractivity contribution in [2.75, 3.05) is 82.8 Å². The van der Waals surface area contributed by atoms with Crippen molar-refractivity contribution in [1.29, 1.82) is 0 Å². The smallest absolute Gasteiger partial charge is 0.303 e. The van der Waals surface area contributed by atoms with E-state index in [4.69, 9.17) is 5.11 Å². The zero-order valence-corrected chi connectivity index (χ0v) is 56.3. The van der Waals surface area contributed by atoms with Gasteiger partial charge in [-0.2, -0.15) is 0 Å². The van der Waals surface area contributed by atoms with Gasteiger partial charge in [0.25, 0.3) is 47.3 Å². The highest BCUT2D eigenvalue weighted by Crippen LogP contribution is 2.23. The molecule has 0 unspecified atom stereocenters. The van der Waals surface area contributed by atoms with E-state index in [2.05, 4.69) is 68.5 Å². The predicted molar refractivity (Wildman–Crippen MR) is 365 cm³/mol. The normalized spacial score (nSPS) is 11.0. The number of unbranched alkanes of at least 4 members (excludes halogenated alkanes) is 1. The van der Waals surface area contributed by atoms with Gasteiger partial charge in [0.2, 0.25) is 29.4 Å². The van der Waals surface area contributed by atoms with Crippen LogP contribution in [0.4, 0.5) is 45.8 Å². The number of imidazole rings is 2. The molecule has 8 aromatic rings. The van der Waals surface area contributed by atoms with Crippen molar-refractivity contribution in [2.45, 2.75) is 51.4 Å². The molecule has 35 heteroatoms. The molecule has 0 aliphatic heterocycles. The quantitative estimate of drug-likeness (QED) is 0.0268. The molecular weight excluding hydrogens is 1280 g/mol. The number of carboxylic acids is 1. The van der Waals surface area contributed by atoms with E-state index in [0.29, 0.717) is 53.5 Å². The van der Waals surface area contributed by atoms with Gasteiger partial charge < -0.3 is 105 Å². The van der Waals surface area contributed by atoms with E-state index < -0.39 is 53.2 Å². The fourth-order valence-corrected chi connectivity index (χ4v) is 10.4. The summed E-state index contributed by atoms with van der Waals surface area (Å²) in [6.45, 7) is 1.50. The summed E-state index contributed by atoms with van der Waals surface area (Å²) in [5, 5.41) is 38.8. The monoisotopic (exact) mass is 1360 g/mol. The van der Waals surface area contributed by atoms with Gasteiger partial charge in [-0.05, 0) is 82.7 Å². The molecule has 0 saturated carbocycles. The number of aryl methyl sites for hydroxylation is 8. The average molecular weight is 1370 g/mol. The van der Waals surface area contributed by atoms with E-state index in [0.717, 1.165) is 13.0 Å². The Labute approximate surface area is 567 Å². The first-order chi connectivity index (χ1) is 47.0. The number of hydrogen-bond donors (Lipinski definition) is 12. The second-order valence-electron chi connectivity index (χ2n) is 23.8. The number of anilines is 8. The molecule has 8 heterocycles. The third-order valence-electron chi connectivity index (χ3n) is 15.3. The Hall–Kier alpha value is -12.3. The van der Waals surface area contributed by atoms with E-state index in [1.807, 2.05) is 19.0 Å². The molecule has 0 aromatic carbocycles. The number of carbonyl (C=O) groups is 12. The number of rotatable bonds is 32. The van der Waals surface area contributed by atoms with Crippen LogP contribution in [0.5, 0.6) is 0 Å². The zero-order valence-electron chi connectivity index (χ0n) is 56.3. The van der Waals surface area contributed by atoms with Crippen molar-refractivity contribution in [1.82, 2.24) is 67.4 Å². The average Bonchev–Trinajstić information content (AvgIpc) is 1.69. The Morgan fingerprint density at radius 2 is 0.646 bits per heavy atom. The van der Waals surface area contributed by atoms with Gasteiger partial charge >= 0.3 is 5.97 Å². The molecule has 12 N–H and O–H groups in total. The van der Waals surface area contributed by atoms with Crippen molar-refractivity contribution in [3.05, 3.63) is 132 Å². The number of aromatic nitrogens is 10. The maximum absolute atomic E-state index is 13.5. The summed E-state index contributed by atoms with van der Waals surface area (Å²) in [6.07, 6.45) is 14.0. The number of amides is 11. The van der Waals surface area contributed by atoms with Gasteiger partial charge in [0.1, 0.15) is 34.2 Å². The summed E-state index contributed by atoms with van der Waals surface area (Å²) < 4.78 is 11.9. The molecule has 0 saturated heterocycles. The molecule has 524 valence electrons. The van der Waals surface area contributed by atoms with Gasteiger partial charge in [0, 0.05) is 151 Å². The Kier molecular flexibility index (Phi) is 23.8. The molecule has 0 fully saturated rings. The van der Waals surface area contributed by atoms with Crippen LogP contribution in [0.15, 0.2) is 86.0 Å². The molecule has 0 aliphatic carbocycles. The maximum Gasteiger partial charge on any atom is 0.303 e. The third kappa shape index (κ3) is 19.7. The van der Waals surface area contributed by atoms with E-state index in [9.17, 15) is 57.5 Å². The lowest BCUT2D eigenvalue weighted by Crippen LogP contribution is -2.28. The van der Waals surface area contributed by atoms with Crippen LogP contribution in [0.2, 0.25) is 0 Å². The Balaban J connectivity index is 0.739. The molecular formula is C64H80N22O13. The fourth-order valence-electron chi connectivity index (χ4n) is 10.4. The van der Waals surface area contributed by atoms with E-state index in [1.54, 1.807) is 82.3 Å². The largest absolute Gasteiger partial charge is 0.481 e. The lowest BCUT2D eigenvalue weighted by atomic mass is 10.2. The molecule has 11 amide bonds. The molecule has 8 rings (SSSR count). The first-order valence-electron chi connectivity index (χ1n) is 31.2. The van der Waals surface area contributed by atoms with Crippen LogP contribution in [0.25, 0.3) is 0 Å². The summed E-state index contributed by atoms with van der Waals surface area (Å²) in [5.74, 6) is -6.48. The Morgan fingerprint density at radius 1 is 0.333 bits per heavy atom. The van der Waals surface area contributed by atoms with Crippen LogP contribution in [-0.4, -0.2) is 168 Å². The number of hydrogen-bond acceptors (Lipinski definition) is 15. The molecule has 8 aromatic heterocycles. The molecule has 99 heavy (non-hydrogen) atoms. The van der Waals surface area contributed by atoms with Gasteiger partial charge in [-0.15, -0.1) is 0 Å². The molecule has 35 nitrogen and oxygen atoms in total. The number of carboxylic acid groups (broad SMARTS) is 1. The highest BCUT2D eigenvalue weighted by molar-refractivity contribution is 6.10. The highest BCUT2D eigenvalue weighted by atomic mass is 16.4. The standard InChI is InChI=1S/C64H80N22O13/c1-78(2)22-14-20-67-58(93)43-25-39(31-79(43)3)70-60(95)46-28-41(33-83(46)7)72-61(96)47-27-40(32-84(47)8)71-59(94)45-23-37(29-81(45)5)68-52(88)16-13-19-66-57(92)44-26-42(34-80(44)4)73-63(98)55-75-50(36-85(55)9)77-64(99)56-74-49(35-86(56)10)76-62(97)48-24-38(30-82(48)6)69-53(89)18-21-65-51(87)15-11-12-17-54(90)91/h23-36H,11-22H2,1-10H3,(H,65,87)(H,66,92)(H,67,93)(H,68,88)(H,69,89)(H,70,95)(H,71,94)(H,72,96)(H,73,98)(H,76,97)(H,77,99)(H,90,91). The number of nitrogens with zero attached hydrogens (tertiary/aromatic N) is 11. The zero-order chi connectivity index (χ0) is 71.9. The highest BCUT2D eigenvalue weighted by Gasteiger charge is 2.25. The Bertz CT molecular complexity index is 4410. The lowest BCUT2D eigenvalue weighted by molar-refractivity contribution is -0.137. The van der Waals surface area contributed by atoms with Gasteiger partial charge in [0.05, 0.1) is 34.1 Å². The van der Waals surface area contributed by atoms with Crippen LogP contribution in [0, 0.1) is 0 Å². The number of aliphatic carboxylic acids is 1. The molecule has 0 aliphatic rings. The van der Waals surface area contributed by atoms with E-state index in [-0.39, 0.29) is 120 Å². The minimum atomic E-state index is -0.936. The van der Waals surface area contributed by atoms with Crippen molar-refractivity contribution in [2.24, 2.45) is 56.4 Å². The topological polar surface area (TPSA) is 426 Å². The number of nitrogens with one attached hydrogen (secondary N) is 11. The number of carbonyl (C=O) groups excluding carboxylic acids is 11. The molecule has 0 atom stereocenters. The van der Waals surface area contributed by atoms with Crippen molar-refractivity contribution >= 4 is 117 Å². The minimum Gasteiger partial charge on any atom is -0.481 e. The summed E-state index contributed by atoms with van der Waals surface area (Å²) in [7, 11) is 16.8. The van der Waals surface area contributed by atoms with Crippen LogP contribution >= 0.6 is 0 Å². The lowest BCUT2D eigenvalue weighted by Gasteiger charge is -2.10. The molecule has 0 bridgehead atoms. The minimum absolute atomic E-state index is 0.000211. The first-order valence-corrected chi connectivity index (χ1v) is 31.2. The van der Waals surface area contributed by atoms with Crippen LogP contribution in [0.3, 0.4) is 0 Å². The Morgan fingerprint density at radius 3 is 1.04 bits per heavy atom. The van der Waals surface area contributed by atoms with Gasteiger partial charge in [-0.3, -0.25) is 57.5 Å². The van der Waals surface area contributed by atoms with Gasteiger partial charge in [0.15, 0.2) is 11.6 Å². The summed E-state index contributed by atoms with van der Waals surface area (Å²) in [4.78, 5) is 165. The van der Waals surface area contributed by atoms with Crippen molar-refractivity contribution in [3.63, 3.8) is 0 Å². The summed E-state index contributed by atoms with van der Waals surface area (Å²) >= 11 is 0. The van der Waals surface area contributed by atoms with E-state index in [1.165, 1.54) is 96.6 Å². The van der Waals surface area contributed by atoms with Crippen molar-refractivity contribution < 1.29 is 62.6 Å². The molecule has 0 spiro atoms. The van der Waals surface area contributed by atoms with Gasteiger partial charge in [-0.25, -0.2) is 9.97 Å². The third-order valence-corrected chi connectivity index (χ3v) is 15.3. The molecule has 0 radical (unpaired) electrons. The second kappa shape index (κ2) is 32.4. The summed E-state index contributed by atoms with van der Waals surface area (Å²) in [5.41, 5.74) is 3.31. The van der Waals surface area contributed by atoms with Gasteiger partial charge in [-0.1, -0.05) is 0 Å². The maximum atomic E-state index is 13.5.